The SMILES string of the molecule is COc1ccc(S(=O)(=O)N(CC(=O)N/N=C\c2ccc(Cl)cc2Cl)Cc2ccccc2)cc1. The first-order valence-corrected chi connectivity index (χ1v) is 11.9. The van der Waals surface area contributed by atoms with E-state index in [9.17, 15) is 13.2 Å². The number of rotatable bonds is 9. The molecule has 33 heavy (non-hydrogen) atoms. The molecule has 0 aliphatic carbocycles. The molecule has 3 aromatic carbocycles. The summed E-state index contributed by atoms with van der Waals surface area (Å²) in [6.07, 6.45) is 1.36. The molecule has 0 fully saturated rings. The van der Waals surface area contributed by atoms with Crippen molar-refractivity contribution in [2.75, 3.05) is 13.7 Å². The normalized spacial score (nSPS) is 11.6. The molecule has 0 bridgehead atoms. The number of nitrogens with zero attached hydrogens (tertiary/aromatic N) is 2. The van der Waals surface area contributed by atoms with Crippen LogP contribution in [-0.4, -0.2) is 38.5 Å². The number of carbonyl (C=O) groups excluding carboxylic acids is 1. The highest BCUT2D eigenvalue weighted by atomic mass is 35.5. The first kappa shape index (κ1) is 24.7. The second kappa shape index (κ2) is 11.3. The third-order valence-electron chi connectivity index (χ3n) is 4.57. The average molecular weight is 506 g/mol. The molecular formula is C23H21Cl2N3O4S. The molecule has 0 spiro atoms. The van der Waals surface area contributed by atoms with Gasteiger partial charge in [-0.05, 0) is 42.0 Å². The van der Waals surface area contributed by atoms with Crippen molar-refractivity contribution in [2.24, 2.45) is 5.10 Å². The lowest BCUT2D eigenvalue weighted by Crippen LogP contribution is -2.39. The molecule has 172 valence electrons. The van der Waals surface area contributed by atoms with Crippen LogP contribution in [0, 0.1) is 0 Å². The molecule has 0 saturated heterocycles. The Morgan fingerprint density at radius 1 is 1.06 bits per heavy atom. The van der Waals surface area contributed by atoms with Gasteiger partial charge in [0.25, 0.3) is 5.91 Å². The minimum absolute atomic E-state index is 0.00928. The molecule has 1 N–H and O–H groups in total. The van der Waals surface area contributed by atoms with Gasteiger partial charge in [-0.1, -0.05) is 59.6 Å². The molecule has 1 amide bonds. The highest BCUT2D eigenvalue weighted by Crippen LogP contribution is 2.22. The minimum atomic E-state index is -3.98. The standard InChI is InChI=1S/C23H21Cl2N3O4S/c1-32-20-9-11-21(12-10-20)33(30,31)28(15-17-5-3-2-4-6-17)16-23(29)27-26-14-18-7-8-19(24)13-22(18)25/h2-14H,15-16H2,1H3,(H,27,29)/b26-14-. The number of amides is 1. The lowest BCUT2D eigenvalue weighted by Gasteiger charge is -2.21. The summed E-state index contributed by atoms with van der Waals surface area (Å²) in [5, 5.41) is 4.72. The van der Waals surface area contributed by atoms with E-state index in [1.54, 1.807) is 54.6 Å². The van der Waals surface area contributed by atoms with Gasteiger partial charge in [0.15, 0.2) is 0 Å². The monoisotopic (exact) mass is 505 g/mol. The maximum absolute atomic E-state index is 13.3. The summed E-state index contributed by atoms with van der Waals surface area (Å²) < 4.78 is 32.7. The number of hydrogen-bond donors (Lipinski definition) is 1. The molecule has 0 radical (unpaired) electrons. The number of ether oxygens (including phenoxy) is 1. The van der Waals surface area contributed by atoms with E-state index in [4.69, 9.17) is 27.9 Å². The van der Waals surface area contributed by atoms with E-state index in [2.05, 4.69) is 10.5 Å². The Hall–Kier alpha value is -2.91. The van der Waals surface area contributed by atoms with Crippen molar-refractivity contribution in [1.29, 1.82) is 0 Å². The molecule has 0 aliphatic heterocycles. The van der Waals surface area contributed by atoms with Crippen LogP contribution < -0.4 is 10.2 Å². The maximum Gasteiger partial charge on any atom is 0.255 e. The zero-order valence-corrected chi connectivity index (χ0v) is 19.9. The second-order valence-corrected chi connectivity index (χ2v) is 9.67. The number of benzene rings is 3. The van der Waals surface area contributed by atoms with Crippen LogP contribution in [0.1, 0.15) is 11.1 Å². The summed E-state index contributed by atoms with van der Waals surface area (Å²) in [5.74, 6) is -0.0825. The Bertz CT molecular complexity index is 1230. The number of carbonyl (C=O) groups is 1. The highest BCUT2D eigenvalue weighted by molar-refractivity contribution is 7.89. The molecule has 7 nitrogen and oxygen atoms in total. The molecular weight excluding hydrogens is 485 g/mol. The third-order valence-corrected chi connectivity index (χ3v) is 6.94. The van der Waals surface area contributed by atoms with E-state index in [-0.39, 0.29) is 11.4 Å². The molecule has 0 heterocycles. The van der Waals surface area contributed by atoms with Gasteiger partial charge in [-0.25, -0.2) is 13.8 Å². The van der Waals surface area contributed by atoms with E-state index in [0.29, 0.717) is 21.4 Å². The Labute approximate surface area is 202 Å². The molecule has 3 aromatic rings. The predicted molar refractivity (Wildman–Crippen MR) is 129 cm³/mol. The first-order chi connectivity index (χ1) is 15.8. The fraction of sp³-hybridized carbons (Fsp3) is 0.130. The van der Waals surface area contributed by atoms with Gasteiger partial charge in [-0.15, -0.1) is 0 Å². The van der Waals surface area contributed by atoms with Crippen LogP contribution in [0.3, 0.4) is 0 Å². The van der Waals surface area contributed by atoms with E-state index < -0.39 is 22.5 Å². The fourth-order valence-corrected chi connectivity index (χ4v) is 4.73. The van der Waals surface area contributed by atoms with Crippen molar-refractivity contribution in [1.82, 2.24) is 9.73 Å². The molecule has 0 unspecified atom stereocenters. The van der Waals surface area contributed by atoms with Crippen molar-refractivity contribution < 1.29 is 17.9 Å². The Kier molecular flexibility index (Phi) is 8.46. The molecule has 0 atom stereocenters. The number of hydrogen-bond acceptors (Lipinski definition) is 5. The quantitative estimate of drug-likeness (QED) is 0.346. The first-order valence-electron chi connectivity index (χ1n) is 9.74. The fourth-order valence-electron chi connectivity index (χ4n) is 2.89. The topological polar surface area (TPSA) is 88.1 Å². The van der Waals surface area contributed by atoms with Gasteiger partial charge in [0.1, 0.15) is 5.75 Å². The van der Waals surface area contributed by atoms with Gasteiger partial charge in [0, 0.05) is 17.1 Å². The van der Waals surface area contributed by atoms with Crippen molar-refractivity contribution in [3.8, 4) is 5.75 Å². The number of nitrogens with one attached hydrogen (secondary N) is 1. The molecule has 0 aliphatic rings. The Morgan fingerprint density at radius 2 is 1.76 bits per heavy atom. The van der Waals surface area contributed by atoms with Gasteiger partial charge >= 0.3 is 0 Å². The van der Waals surface area contributed by atoms with Crippen LogP contribution in [0.4, 0.5) is 0 Å². The van der Waals surface area contributed by atoms with Gasteiger partial charge in [0.2, 0.25) is 10.0 Å². The van der Waals surface area contributed by atoms with Crippen molar-refractivity contribution in [3.63, 3.8) is 0 Å². The van der Waals surface area contributed by atoms with Crippen molar-refractivity contribution in [3.05, 3.63) is 94.0 Å². The van der Waals surface area contributed by atoms with Crippen LogP contribution in [-0.2, 0) is 21.4 Å². The summed E-state index contributed by atoms with van der Waals surface area (Å²) in [7, 11) is -2.49. The number of hydrazone groups is 1. The van der Waals surface area contributed by atoms with E-state index in [1.807, 2.05) is 6.07 Å². The van der Waals surface area contributed by atoms with E-state index in [0.717, 1.165) is 9.87 Å². The molecule has 3 rings (SSSR count). The van der Waals surface area contributed by atoms with Crippen molar-refractivity contribution >= 4 is 45.3 Å². The summed E-state index contributed by atoms with van der Waals surface area (Å²) in [6, 6.07) is 19.8. The van der Waals surface area contributed by atoms with Gasteiger partial charge in [-0.2, -0.15) is 9.41 Å². The van der Waals surface area contributed by atoms with Crippen LogP contribution in [0.5, 0.6) is 5.75 Å². The highest BCUT2D eigenvalue weighted by Gasteiger charge is 2.27. The van der Waals surface area contributed by atoms with Crippen LogP contribution in [0.15, 0.2) is 82.8 Å². The molecule has 10 heteroatoms. The van der Waals surface area contributed by atoms with Gasteiger partial charge < -0.3 is 4.74 Å². The van der Waals surface area contributed by atoms with Crippen LogP contribution in [0.25, 0.3) is 0 Å². The van der Waals surface area contributed by atoms with Crippen LogP contribution in [0.2, 0.25) is 10.0 Å². The Morgan fingerprint density at radius 3 is 2.39 bits per heavy atom. The smallest absolute Gasteiger partial charge is 0.255 e. The predicted octanol–water partition coefficient (Wildman–Crippen LogP) is 4.34. The van der Waals surface area contributed by atoms with Gasteiger partial charge in [0.05, 0.1) is 29.8 Å². The maximum atomic E-state index is 13.3. The Balaban J connectivity index is 1.78. The number of sulfonamides is 1. The second-order valence-electron chi connectivity index (χ2n) is 6.89. The van der Waals surface area contributed by atoms with Crippen molar-refractivity contribution in [2.45, 2.75) is 11.4 Å². The lowest BCUT2D eigenvalue weighted by atomic mass is 10.2. The third kappa shape index (κ3) is 6.79. The van der Waals surface area contributed by atoms with E-state index in [1.165, 1.54) is 25.5 Å². The zero-order chi connectivity index (χ0) is 23.8. The van der Waals surface area contributed by atoms with E-state index >= 15 is 0 Å². The summed E-state index contributed by atoms with van der Waals surface area (Å²) >= 11 is 12.0. The summed E-state index contributed by atoms with van der Waals surface area (Å²) in [6.45, 7) is -0.426. The lowest BCUT2D eigenvalue weighted by molar-refractivity contribution is -0.121. The number of halogens is 2. The molecule has 0 saturated carbocycles. The zero-order valence-electron chi connectivity index (χ0n) is 17.6. The van der Waals surface area contributed by atoms with Crippen LogP contribution >= 0.6 is 23.2 Å². The molecule has 0 aromatic heterocycles. The summed E-state index contributed by atoms with van der Waals surface area (Å²) in [4.78, 5) is 12.6. The summed E-state index contributed by atoms with van der Waals surface area (Å²) in [5.41, 5.74) is 3.63. The average Bonchev–Trinajstić information content (AvgIpc) is 2.81. The van der Waals surface area contributed by atoms with Gasteiger partial charge in [-0.3, -0.25) is 4.79 Å². The number of methoxy groups -OCH3 is 1. The minimum Gasteiger partial charge on any atom is -0.497 e. The largest absolute Gasteiger partial charge is 0.497 e.